The molecule has 2 rings (SSSR count). The average Bonchev–Trinajstić information content (AvgIpc) is 2.86. The van der Waals surface area contributed by atoms with E-state index < -0.39 is 11.7 Å². The highest BCUT2D eigenvalue weighted by Crippen LogP contribution is 2.31. The summed E-state index contributed by atoms with van der Waals surface area (Å²) in [7, 11) is 0. The van der Waals surface area contributed by atoms with E-state index in [2.05, 4.69) is 5.32 Å². The number of aliphatic hydroxyl groups is 1. The molecule has 0 bridgehead atoms. The second-order valence-corrected chi connectivity index (χ2v) is 5.46. The molecule has 1 aliphatic rings. The van der Waals surface area contributed by atoms with E-state index >= 15 is 0 Å². The van der Waals surface area contributed by atoms with Gasteiger partial charge in [0, 0.05) is 13.2 Å². The first-order valence-electron chi connectivity index (χ1n) is 6.98. The van der Waals surface area contributed by atoms with Crippen molar-refractivity contribution in [3.05, 3.63) is 35.4 Å². The average molecular weight is 287 g/mol. The lowest BCUT2D eigenvalue weighted by Crippen LogP contribution is -2.26. The Labute approximate surface area is 117 Å². The molecule has 0 radical (unpaired) electrons. The van der Waals surface area contributed by atoms with Crippen LogP contribution < -0.4 is 5.32 Å². The molecule has 0 amide bonds. The van der Waals surface area contributed by atoms with E-state index in [-0.39, 0.29) is 6.61 Å². The van der Waals surface area contributed by atoms with Gasteiger partial charge in [0.25, 0.3) is 0 Å². The summed E-state index contributed by atoms with van der Waals surface area (Å²) in [6.45, 7) is 1.60. The van der Waals surface area contributed by atoms with Gasteiger partial charge in [0.2, 0.25) is 0 Å². The monoisotopic (exact) mass is 287 g/mol. The fraction of sp³-hybridized carbons (Fsp3) is 0.600. The highest BCUT2D eigenvalue weighted by molar-refractivity contribution is 5.24. The molecule has 20 heavy (non-hydrogen) atoms. The van der Waals surface area contributed by atoms with Crippen LogP contribution in [-0.2, 0) is 12.7 Å². The molecule has 0 heterocycles. The minimum atomic E-state index is -4.27. The molecule has 112 valence electrons. The zero-order valence-electron chi connectivity index (χ0n) is 11.3. The predicted molar refractivity (Wildman–Crippen MR) is 71.1 cm³/mol. The Hall–Kier alpha value is -1.07. The van der Waals surface area contributed by atoms with Gasteiger partial charge in [-0.1, -0.05) is 18.6 Å². The first-order chi connectivity index (χ1) is 9.50. The molecule has 1 fully saturated rings. The maximum atomic E-state index is 12.4. The fourth-order valence-corrected chi connectivity index (χ4v) is 2.84. The molecular formula is C15H20F3NO. The van der Waals surface area contributed by atoms with Crippen molar-refractivity contribution in [3.8, 4) is 0 Å². The van der Waals surface area contributed by atoms with E-state index in [1.807, 2.05) is 0 Å². The van der Waals surface area contributed by atoms with Gasteiger partial charge in [-0.05, 0) is 48.9 Å². The normalized spacial score (nSPS) is 23.2. The van der Waals surface area contributed by atoms with E-state index in [9.17, 15) is 18.3 Å². The van der Waals surface area contributed by atoms with Crippen LogP contribution in [0.3, 0.4) is 0 Å². The summed E-state index contributed by atoms with van der Waals surface area (Å²) in [5.74, 6) is 0.851. The molecule has 2 N–H and O–H groups in total. The van der Waals surface area contributed by atoms with Crippen LogP contribution in [0, 0.1) is 11.8 Å². The molecule has 0 saturated heterocycles. The van der Waals surface area contributed by atoms with Gasteiger partial charge in [-0.15, -0.1) is 0 Å². The lowest BCUT2D eigenvalue weighted by atomic mass is 9.97. The SMILES string of the molecule is OCC1CCCC1CNCc1ccc(C(F)(F)F)cc1. The number of alkyl halides is 3. The van der Waals surface area contributed by atoms with Crippen LogP contribution in [-0.4, -0.2) is 18.3 Å². The number of hydrogen-bond acceptors (Lipinski definition) is 2. The summed E-state index contributed by atoms with van der Waals surface area (Å²) in [5, 5.41) is 12.5. The Morgan fingerprint density at radius 3 is 2.35 bits per heavy atom. The molecule has 1 aromatic rings. The molecule has 0 aromatic heterocycles. The van der Waals surface area contributed by atoms with Crippen molar-refractivity contribution in [3.63, 3.8) is 0 Å². The maximum absolute atomic E-state index is 12.4. The highest BCUT2D eigenvalue weighted by atomic mass is 19.4. The van der Waals surface area contributed by atoms with Crippen LogP contribution in [0.2, 0.25) is 0 Å². The summed E-state index contributed by atoms with van der Waals surface area (Å²) in [5.41, 5.74) is 0.230. The van der Waals surface area contributed by atoms with Gasteiger partial charge >= 0.3 is 6.18 Å². The zero-order chi connectivity index (χ0) is 14.6. The maximum Gasteiger partial charge on any atom is 0.416 e. The molecule has 1 saturated carbocycles. The third-order valence-electron chi connectivity index (χ3n) is 4.07. The van der Waals surface area contributed by atoms with Crippen LogP contribution in [0.25, 0.3) is 0 Å². The van der Waals surface area contributed by atoms with Crippen LogP contribution in [0.4, 0.5) is 13.2 Å². The Morgan fingerprint density at radius 2 is 1.75 bits per heavy atom. The van der Waals surface area contributed by atoms with E-state index in [0.717, 1.165) is 43.5 Å². The molecule has 5 heteroatoms. The summed E-state index contributed by atoms with van der Waals surface area (Å²) in [4.78, 5) is 0. The van der Waals surface area contributed by atoms with Crippen molar-refractivity contribution in [2.24, 2.45) is 11.8 Å². The number of hydrogen-bond donors (Lipinski definition) is 2. The summed E-state index contributed by atoms with van der Waals surface area (Å²) < 4.78 is 37.3. The Kier molecular flexibility index (Phi) is 5.05. The quantitative estimate of drug-likeness (QED) is 0.871. The predicted octanol–water partition coefficient (Wildman–Crippen LogP) is 3.20. The van der Waals surface area contributed by atoms with Crippen molar-refractivity contribution < 1.29 is 18.3 Å². The third-order valence-corrected chi connectivity index (χ3v) is 4.07. The second-order valence-electron chi connectivity index (χ2n) is 5.46. The molecule has 1 aliphatic carbocycles. The van der Waals surface area contributed by atoms with E-state index in [4.69, 9.17) is 0 Å². The molecule has 0 aliphatic heterocycles. The largest absolute Gasteiger partial charge is 0.416 e. The molecular weight excluding hydrogens is 267 g/mol. The summed E-state index contributed by atoms with van der Waals surface area (Å²) in [6.07, 6.45) is -0.934. The first kappa shape index (κ1) is 15.3. The summed E-state index contributed by atoms with van der Waals surface area (Å²) in [6, 6.07) is 5.24. The van der Waals surface area contributed by atoms with E-state index in [1.165, 1.54) is 12.1 Å². The highest BCUT2D eigenvalue weighted by Gasteiger charge is 2.30. The van der Waals surface area contributed by atoms with Crippen molar-refractivity contribution in [2.45, 2.75) is 32.0 Å². The van der Waals surface area contributed by atoms with Gasteiger partial charge in [-0.25, -0.2) is 0 Å². The van der Waals surface area contributed by atoms with Crippen LogP contribution >= 0.6 is 0 Å². The van der Waals surface area contributed by atoms with Crippen LogP contribution in [0.1, 0.15) is 30.4 Å². The van der Waals surface area contributed by atoms with Gasteiger partial charge in [0.05, 0.1) is 5.56 Å². The Morgan fingerprint density at radius 1 is 1.10 bits per heavy atom. The van der Waals surface area contributed by atoms with Crippen molar-refractivity contribution in [1.29, 1.82) is 0 Å². The Bertz CT molecular complexity index is 416. The number of aliphatic hydroxyl groups excluding tert-OH is 1. The van der Waals surface area contributed by atoms with Gasteiger partial charge in [0.1, 0.15) is 0 Å². The van der Waals surface area contributed by atoms with E-state index in [0.29, 0.717) is 18.4 Å². The first-order valence-corrected chi connectivity index (χ1v) is 6.98. The second kappa shape index (κ2) is 6.59. The molecule has 0 spiro atoms. The summed E-state index contributed by atoms with van der Waals surface area (Å²) >= 11 is 0. The number of benzene rings is 1. The minimum absolute atomic E-state index is 0.229. The minimum Gasteiger partial charge on any atom is -0.396 e. The molecule has 2 nitrogen and oxygen atoms in total. The lowest BCUT2D eigenvalue weighted by Gasteiger charge is -2.18. The van der Waals surface area contributed by atoms with Crippen molar-refractivity contribution in [1.82, 2.24) is 5.32 Å². The molecule has 2 atom stereocenters. The lowest BCUT2D eigenvalue weighted by molar-refractivity contribution is -0.137. The van der Waals surface area contributed by atoms with Gasteiger partial charge in [-0.3, -0.25) is 0 Å². The third kappa shape index (κ3) is 3.96. The Balaban J connectivity index is 1.80. The van der Waals surface area contributed by atoms with Gasteiger partial charge < -0.3 is 10.4 Å². The number of rotatable bonds is 5. The van der Waals surface area contributed by atoms with Gasteiger partial charge in [0.15, 0.2) is 0 Å². The zero-order valence-corrected chi connectivity index (χ0v) is 11.3. The van der Waals surface area contributed by atoms with Crippen molar-refractivity contribution in [2.75, 3.05) is 13.2 Å². The van der Waals surface area contributed by atoms with Crippen LogP contribution in [0.15, 0.2) is 24.3 Å². The van der Waals surface area contributed by atoms with E-state index in [1.54, 1.807) is 0 Å². The number of halogens is 3. The number of nitrogens with one attached hydrogen (secondary N) is 1. The van der Waals surface area contributed by atoms with Gasteiger partial charge in [-0.2, -0.15) is 13.2 Å². The standard InChI is InChI=1S/C15H20F3NO/c16-15(17,18)14-6-4-11(5-7-14)8-19-9-12-2-1-3-13(12)10-20/h4-7,12-13,19-20H,1-3,8-10H2. The molecule has 2 unspecified atom stereocenters. The smallest absolute Gasteiger partial charge is 0.396 e. The fourth-order valence-electron chi connectivity index (χ4n) is 2.84. The van der Waals surface area contributed by atoms with Crippen molar-refractivity contribution >= 4 is 0 Å². The van der Waals surface area contributed by atoms with Crippen LogP contribution in [0.5, 0.6) is 0 Å². The molecule has 1 aromatic carbocycles. The topological polar surface area (TPSA) is 32.3 Å².